The van der Waals surface area contributed by atoms with E-state index in [1.54, 1.807) is 0 Å². The normalized spacial score (nSPS) is 31.6. The highest BCUT2D eigenvalue weighted by Gasteiger charge is 2.30. The molecule has 2 nitrogen and oxygen atoms in total. The van der Waals surface area contributed by atoms with Crippen LogP contribution in [0.1, 0.15) is 40.0 Å². The molecule has 2 fully saturated rings. The van der Waals surface area contributed by atoms with Crippen LogP contribution in [0.4, 0.5) is 0 Å². The van der Waals surface area contributed by atoms with E-state index >= 15 is 0 Å². The van der Waals surface area contributed by atoms with Crippen LogP contribution in [-0.2, 0) is 0 Å². The molecule has 0 aromatic carbocycles. The molecule has 2 saturated heterocycles. The summed E-state index contributed by atoms with van der Waals surface area (Å²) in [5, 5.41) is 0. The molecule has 0 radical (unpaired) electrons. The summed E-state index contributed by atoms with van der Waals surface area (Å²) >= 11 is 0. The Bertz CT molecular complexity index is 203. The van der Waals surface area contributed by atoms with Gasteiger partial charge < -0.3 is 0 Å². The average molecular weight is 210 g/mol. The topological polar surface area (TPSA) is 6.48 Å². The maximum atomic E-state index is 2.72. The molecule has 2 aliphatic rings. The maximum absolute atomic E-state index is 2.72. The van der Waals surface area contributed by atoms with Crippen LogP contribution in [0, 0.1) is 5.92 Å². The maximum Gasteiger partial charge on any atom is 0.0223 e. The first-order valence-electron chi connectivity index (χ1n) is 6.66. The average Bonchev–Trinajstić information content (AvgIpc) is 2.54. The van der Waals surface area contributed by atoms with E-state index in [0.717, 1.165) is 18.0 Å². The zero-order valence-electron chi connectivity index (χ0n) is 10.6. The lowest BCUT2D eigenvalue weighted by Crippen LogP contribution is -2.42. The third-order valence-electron chi connectivity index (χ3n) is 4.38. The SMILES string of the molecule is CC(C)C(C)N1CCCN2CCCC2C1. The van der Waals surface area contributed by atoms with Crippen LogP contribution in [0.5, 0.6) is 0 Å². The number of fused-ring (bicyclic) bond motifs is 1. The fourth-order valence-corrected chi connectivity index (χ4v) is 3.03. The van der Waals surface area contributed by atoms with Crippen molar-refractivity contribution in [2.24, 2.45) is 5.92 Å². The number of hydrogen-bond acceptors (Lipinski definition) is 2. The monoisotopic (exact) mass is 210 g/mol. The largest absolute Gasteiger partial charge is 0.299 e. The van der Waals surface area contributed by atoms with Crippen molar-refractivity contribution in [2.75, 3.05) is 26.2 Å². The Morgan fingerprint density at radius 2 is 1.73 bits per heavy atom. The predicted molar refractivity (Wildman–Crippen MR) is 65.1 cm³/mol. The summed E-state index contributed by atoms with van der Waals surface area (Å²) in [4.78, 5) is 5.44. The summed E-state index contributed by atoms with van der Waals surface area (Å²) in [5.41, 5.74) is 0. The lowest BCUT2D eigenvalue weighted by molar-refractivity contribution is 0.151. The summed E-state index contributed by atoms with van der Waals surface area (Å²) in [6.07, 6.45) is 4.23. The van der Waals surface area contributed by atoms with Crippen LogP contribution in [0.2, 0.25) is 0 Å². The second-order valence-electron chi connectivity index (χ2n) is 5.67. The molecule has 0 aliphatic carbocycles. The summed E-state index contributed by atoms with van der Waals surface area (Å²) in [6.45, 7) is 12.4. The highest BCUT2D eigenvalue weighted by Crippen LogP contribution is 2.23. The fraction of sp³-hybridized carbons (Fsp3) is 1.00. The fourth-order valence-electron chi connectivity index (χ4n) is 3.03. The van der Waals surface area contributed by atoms with Gasteiger partial charge in [0.15, 0.2) is 0 Å². The Balaban J connectivity index is 1.96. The van der Waals surface area contributed by atoms with Gasteiger partial charge in [0.2, 0.25) is 0 Å². The van der Waals surface area contributed by atoms with Crippen LogP contribution in [0.25, 0.3) is 0 Å². The lowest BCUT2D eigenvalue weighted by atomic mass is 10.0. The third kappa shape index (κ3) is 2.54. The minimum atomic E-state index is 0.755. The van der Waals surface area contributed by atoms with Gasteiger partial charge in [0.1, 0.15) is 0 Å². The van der Waals surface area contributed by atoms with Gasteiger partial charge in [0.05, 0.1) is 0 Å². The molecule has 0 bridgehead atoms. The van der Waals surface area contributed by atoms with Gasteiger partial charge in [-0.1, -0.05) is 13.8 Å². The zero-order valence-corrected chi connectivity index (χ0v) is 10.6. The molecule has 15 heavy (non-hydrogen) atoms. The van der Waals surface area contributed by atoms with Gasteiger partial charge in [-0.05, 0) is 51.7 Å². The van der Waals surface area contributed by atoms with Crippen molar-refractivity contribution in [1.29, 1.82) is 0 Å². The lowest BCUT2D eigenvalue weighted by Gasteiger charge is -2.32. The van der Waals surface area contributed by atoms with E-state index in [1.807, 2.05) is 0 Å². The first-order chi connectivity index (χ1) is 7.18. The Morgan fingerprint density at radius 3 is 2.47 bits per heavy atom. The molecule has 0 N–H and O–H groups in total. The Labute approximate surface area is 94.6 Å². The predicted octanol–water partition coefficient (Wildman–Crippen LogP) is 2.20. The quantitative estimate of drug-likeness (QED) is 0.689. The Morgan fingerprint density at radius 1 is 1.00 bits per heavy atom. The number of nitrogens with zero attached hydrogens (tertiary/aromatic N) is 2. The number of hydrogen-bond donors (Lipinski definition) is 0. The van der Waals surface area contributed by atoms with Crippen molar-refractivity contribution < 1.29 is 0 Å². The van der Waals surface area contributed by atoms with Gasteiger partial charge in [-0.15, -0.1) is 0 Å². The van der Waals surface area contributed by atoms with Crippen molar-refractivity contribution in [2.45, 2.75) is 52.1 Å². The highest BCUT2D eigenvalue weighted by atomic mass is 15.3. The van der Waals surface area contributed by atoms with Crippen molar-refractivity contribution in [3.8, 4) is 0 Å². The molecule has 2 unspecified atom stereocenters. The Kier molecular flexibility index (Phi) is 3.68. The first kappa shape index (κ1) is 11.4. The van der Waals surface area contributed by atoms with Crippen molar-refractivity contribution in [3.63, 3.8) is 0 Å². The summed E-state index contributed by atoms with van der Waals surface area (Å²) in [6, 6.07) is 1.62. The van der Waals surface area contributed by atoms with Crippen LogP contribution in [0.3, 0.4) is 0 Å². The molecule has 0 amide bonds. The summed E-state index contributed by atoms with van der Waals surface area (Å²) < 4.78 is 0. The second kappa shape index (κ2) is 4.84. The van der Waals surface area contributed by atoms with E-state index < -0.39 is 0 Å². The molecular formula is C13H26N2. The van der Waals surface area contributed by atoms with E-state index in [2.05, 4.69) is 30.6 Å². The molecule has 0 spiro atoms. The molecule has 2 heteroatoms. The molecule has 2 heterocycles. The molecular weight excluding hydrogens is 184 g/mol. The van der Waals surface area contributed by atoms with E-state index in [9.17, 15) is 0 Å². The summed E-state index contributed by atoms with van der Waals surface area (Å²) in [7, 11) is 0. The molecule has 88 valence electrons. The van der Waals surface area contributed by atoms with Gasteiger partial charge in [0, 0.05) is 18.6 Å². The van der Waals surface area contributed by atoms with Crippen LogP contribution >= 0.6 is 0 Å². The second-order valence-corrected chi connectivity index (χ2v) is 5.67. The molecule has 2 rings (SSSR count). The van der Waals surface area contributed by atoms with Gasteiger partial charge in [-0.2, -0.15) is 0 Å². The molecule has 2 aliphatic heterocycles. The Hall–Kier alpha value is -0.0800. The van der Waals surface area contributed by atoms with Gasteiger partial charge >= 0.3 is 0 Å². The van der Waals surface area contributed by atoms with Gasteiger partial charge in [0.25, 0.3) is 0 Å². The standard InChI is InChI=1S/C13H26N2/c1-11(2)12(3)15-9-5-8-14-7-4-6-13(14)10-15/h11-13H,4-10H2,1-3H3. The third-order valence-corrected chi connectivity index (χ3v) is 4.38. The van der Waals surface area contributed by atoms with Crippen LogP contribution in [0.15, 0.2) is 0 Å². The zero-order chi connectivity index (χ0) is 10.8. The van der Waals surface area contributed by atoms with E-state index in [0.29, 0.717) is 0 Å². The van der Waals surface area contributed by atoms with Crippen LogP contribution < -0.4 is 0 Å². The van der Waals surface area contributed by atoms with E-state index in [-0.39, 0.29) is 0 Å². The minimum Gasteiger partial charge on any atom is -0.299 e. The highest BCUT2D eigenvalue weighted by molar-refractivity contribution is 4.86. The molecule has 2 atom stereocenters. The van der Waals surface area contributed by atoms with Crippen molar-refractivity contribution >= 4 is 0 Å². The number of rotatable bonds is 2. The first-order valence-corrected chi connectivity index (χ1v) is 6.66. The van der Waals surface area contributed by atoms with Crippen LogP contribution in [-0.4, -0.2) is 48.1 Å². The molecule has 0 saturated carbocycles. The molecule has 0 aromatic heterocycles. The van der Waals surface area contributed by atoms with Gasteiger partial charge in [-0.25, -0.2) is 0 Å². The smallest absolute Gasteiger partial charge is 0.0223 e. The summed E-state index contributed by atoms with van der Waals surface area (Å²) in [5.74, 6) is 0.790. The van der Waals surface area contributed by atoms with E-state index in [1.165, 1.54) is 45.4 Å². The molecule has 0 aromatic rings. The van der Waals surface area contributed by atoms with Crippen molar-refractivity contribution in [1.82, 2.24) is 9.80 Å². The minimum absolute atomic E-state index is 0.755. The van der Waals surface area contributed by atoms with Crippen molar-refractivity contribution in [3.05, 3.63) is 0 Å². The van der Waals surface area contributed by atoms with Gasteiger partial charge in [-0.3, -0.25) is 9.80 Å². The van der Waals surface area contributed by atoms with E-state index in [4.69, 9.17) is 0 Å².